The Morgan fingerprint density at radius 2 is 1.79 bits per heavy atom. The highest BCUT2D eigenvalue weighted by Crippen LogP contribution is 2.20. The van der Waals surface area contributed by atoms with Crippen LogP contribution in [0, 0.1) is 5.92 Å². The third kappa shape index (κ3) is 9.66. The highest BCUT2D eigenvalue weighted by atomic mass is 16.4. The molecule has 4 unspecified atom stereocenters. The van der Waals surface area contributed by atoms with Crippen molar-refractivity contribution in [3.8, 4) is 0 Å². The summed E-state index contributed by atoms with van der Waals surface area (Å²) in [7, 11) is 0. The van der Waals surface area contributed by atoms with E-state index in [0.29, 0.717) is 32.2 Å². The normalized spacial score (nSPS) is 17.4. The number of rotatable bonds is 14. The van der Waals surface area contributed by atoms with E-state index in [4.69, 9.17) is 17.2 Å². The maximum absolute atomic E-state index is 13.3. The summed E-state index contributed by atoms with van der Waals surface area (Å²) >= 11 is 0. The number of benzene rings is 1. The van der Waals surface area contributed by atoms with E-state index in [9.17, 15) is 24.3 Å². The van der Waals surface area contributed by atoms with E-state index >= 15 is 0 Å². The summed E-state index contributed by atoms with van der Waals surface area (Å²) in [6, 6.07) is 5.38. The SMILES string of the molecule is CC(C)CC(N)C(=O)N1CCCC1C(=O)NC(Cc1ccccc1)C(=O)NC(CCCN=C(N)N)C(=O)O. The summed E-state index contributed by atoms with van der Waals surface area (Å²) in [5.74, 6) is -2.47. The Bertz CT molecular complexity index is 981. The quantitative estimate of drug-likeness (QED) is 0.106. The van der Waals surface area contributed by atoms with Crippen LogP contribution in [0.1, 0.15) is 51.5 Å². The lowest BCUT2D eigenvalue weighted by molar-refractivity contribution is -0.143. The van der Waals surface area contributed by atoms with Gasteiger partial charge in [-0.3, -0.25) is 19.4 Å². The third-order valence-corrected chi connectivity index (χ3v) is 6.36. The molecule has 0 saturated carbocycles. The van der Waals surface area contributed by atoms with E-state index in [0.717, 1.165) is 5.56 Å². The first-order chi connectivity index (χ1) is 18.0. The molecule has 1 fully saturated rings. The molecule has 1 aliphatic heterocycles. The van der Waals surface area contributed by atoms with Crippen LogP contribution in [0.3, 0.4) is 0 Å². The van der Waals surface area contributed by atoms with Crippen molar-refractivity contribution < 1.29 is 24.3 Å². The van der Waals surface area contributed by atoms with Gasteiger partial charge in [0, 0.05) is 19.5 Å². The fourth-order valence-corrected chi connectivity index (χ4v) is 4.48. The zero-order valence-electron chi connectivity index (χ0n) is 22.1. The lowest BCUT2D eigenvalue weighted by Crippen LogP contribution is -2.57. The van der Waals surface area contributed by atoms with Crippen LogP contribution in [0.2, 0.25) is 0 Å². The minimum Gasteiger partial charge on any atom is -0.480 e. The number of hydrogen-bond donors (Lipinski definition) is 6. The first-order valence-corrected chi connectivity index (χ1v) is 13.0. The monoisotopic (exact) mass is 531 g/mol. The van der Waals surface area contributed by atoms with E-state index in [1.165, 1.54) is 4.90 Å². The summed E-state index contributed by atoms with van der Waals surface area (Å²) in [6.07, 6.45) is 2.18. The van der Waals surface area contributed by atoms with Gasteiger partial charge in [0.05, 0.1) is 6.04 Å². The number of likely N-dealkylation sites (tertiary alicyclic amines) is 1. The molecule has 0 bridgehead atoms. The Labute approximate surface area is 223 Å². The van der Waals surface area contributed by atoms with E-state index < -0.39 is 42.0 Å². The van der Waals surface area contributed by atoms with Gasteiger partial charge in [0.15, 0.2) is 5.96 Å². The van der Waals surface area contributed by atoms with Crippen LogP contribution in [0.4, 0.5) is 0 Å². The van der Waals surface area contributed by atoms with Crippen LogP contribution in [0.15, 0.2) is 35.3 Å². The zero-order chi connectivity index (χ0) is 28.2. The Morgan fingerprint density at radius 1 is 1.11 bits per heavy atom. The van der Waals surface area contributed by atoms with Gasteiger partial charge in [0.25, 0.3) is 0 Å². The van der Waals surface area contributed by atoms with Gasteiger partial charge in [-0.05, 0) is 43.6 Å². The second-order valence-electron chi connectivity index (χ2n) is 10.0. The van der Waals surface area contributed by atoms with Crippen molar-refractivity contribution >= 4 is 29.7 Å². The van der Waals surface area contributed by atoms with Crippen molar-refractivity contribution in [3.63, 3.8) is 0 Å². The van der Waals surface area contributed by atoms with Crippen LogP contribution in [-0.4, -0.2) is 76.9 Å². The average molecular weight is 532 g/mol. The predicted molar refractivity (Wildman–Crippen MR) is 144 cm³/mol. The van der Waals surface area contributed by atoms with Crippen molar-refractivity contribution in [3.05, 3.63) is 35.9 Å². The van der Waals surface area contributed by atoms with Gasteiger partial charge < -0.3 is 37.8 Å². The molecule has 12 heteroatoms. The molecule has 0 aromatic heterocycles. The van der Waals surface area contributed by atoms with Crippen molar-refractivity contribution in [2.45, 2.75) is 76.5 Å². The summed E-state index contributed by atoms with van der Waals surface area (Å²) in [4.78, 5) is 56.6. The molecule has 0 radical (unpaired) electrons. The first-order valence-electron chi connectivity index (χ1n) is 13.0. The lowest BCUT2D eigenvalue weighted by atomic mass is 10.0. The second-order valence-corrected chi connectivity index (χ2v) is 10.0. The number of nitrogens with two attached hydrogens (primary N) is 3. The van der Waals surface area contributed by atoms with Crippen LogP contribution >= 0.6 is 0 Å². The standard InChI is InChI=1S/C26H41N7O5/c1-16(2)14-18(27)24(36)33-13-7-11-21(33)23(35)32-20(15-17-8-4-3-5-9-17)22(34)31-19(25(37)38)10-6-12-30-26(28)29/h3-5,8-9,16,18-21H,6-7,10-15,27H2,1-2H3,(H,31,34)(H,32,35)(H,37,38)(H4,28,29,30). The summed E-state index contributed by atoms with van der Waals surface area (Å²) in [5.41, 5.74) is 17.5. The Hall–Kier alpha value is -3.67. The van der Waals surface area contributed by atoms with Crippen molar-refractivity contribution in [2.24, 2.45) is 28.1 Å². The molecule has 4 atom stereocenters. The molecule has 0 aliphatic carbocycles. The largest absolute Gasteiger partial charge is 0.480 e. The Kier molecular flexibility index (Phi) is 12.0. The van der Waals surface area contributed by atoms with Crippen LogP contribution < -0.4 is 27.8 Å². The number of carboxylic acid groups (broad SMARTS) is 1. The number of carboxylic acids is 1. The van der Waals surface area contributed by atoms with E-state index in [-0.39, 0.29) is 37.2 Å². The molecule has 3 amide bonds. The number of carbonyl (C=O) groups excluding carboxylic acids is 3. The number of aliphatic carboxylic acids is 1. The topological polar surface area (TPSA) is 206 Å². The Balaban J connectivity index is 2.15. The van der Waals surface area contributed by atoms with Gasteiger partial charge in [-0.15, -0.1) is 0 Å². The molecule has 210 valence electrons. The second kappa shape index (κ2) is 14.9. The van der Waals surface area contributed by atoms with Gasteiger partial charge in [-0.1, -0.05) is 44.2 Å². The molecule has 9 N–H and O–H groups in total. The number of guanidine groups is 1. The number of hydrogen-bond acceptors (Lipinski definition) is 6. The minimum atomic E-state index is -1.21. The molecular weight excluding hydrogens is 490 g/mol. The van der Waals surface area contributed by atoms with Gasteiger partial charge in [-0.25, -0.2) is 4.79 Å². The van der Waals surface area contributed by atoms with Gasteiger partial charge >= 0.3 is 5.97 Å². The lowest BCUT2D eigenvalue weighted by Gasteiger charge is -2.29. The van der Waals surface area contributed by atoms with Crippen molar-refractivity contribution in [1.82, 2.24) is 15.5 Å². The molecule has 1 saturated heterocycles. The molecule has 12 nitrogen and oxygen atoms in total. The maximum atomic E-state index is 13.3. The number of nitrogens with one attached hydrogen (secondary N) is 2. The van der Waals surface area contributed by atoms with Gasteiger partial charge in [0.1, 0.15) is 18.1 Å². The molecule has 2 rings (SSSR count). The maximum Gasteiger partial charge on any atom is 0.326 e. The van der Waals surface area contributed by atoms with Crippen LogP contribution in [0.25, 0.3) is 0 Å². The van der Waals surface area contributed by atoms with Crippen molar-refractivity contribution in [2.75, 3.05) is 13.1 Å². The zero-order valence-corrected chi connectivity index (χ0v) is 22.1. The number of carbonyl (C=O) groups is 4. The smallest absolute Gasteiger partial charge is 0.326 e. The first kappa shape index (κ1) is 30.6. The van der Waals surface area contributed by atoms with Crippen LogP contribution in [-0.2, 0) is 25.6 Å². The van der Waals surface area contributed by atoms with E-state index in [2.05, 4.69) is 15.6 Å². The van der Waals surface area contributed by atoms with Crippen LogP contribution in [0.5, 0.6) is 0 Å². The Morgan fingerprint density at radius 3 is 2.39 bits per heavy atom. The molecule has 38 heavy (non-hydrogen) atoms. The van der Waals surface area contributed by atoms with Crippen molar-refractivity contribution in [1.29, 1.82) is 0 Å². The predicted octanol–water partition coefficient (Wildman–Crippen LogP) is -0.299. The molecule has 1 aliphatic rings. The number of aliphatic imine (C=N–C) groups is 1. The summed E-state index contributed by atoms with van der Waals surface area (Å²) < 4.78 is 0. The molecule has 1 heterocycles. The molecular formula is C26H41N7O5. The van der Waals surface area contributed by atoms with Gasteiger partial charge in [0.2, 0.25) is 17.7 Å². The summed E-state index contributed by atoms with van der Waals surface area (Å²) in [6.45, 7) is 4.57. The minimum absolute atomic E-state index is 0.0997. The van der Waals surface area contributed by atoms with E-state index in [1.54, 1.807) is 0 Å². The fourth-order valence-electron chi connectivity index (χ4n) is 4.48. The van der Waals surface area contributed by atoms with E-state index in [1.807, 2.05) is 44.2 Å². The number of nitrogens with zero attached hydrogens (tertiary/aromatic N) is 2. The number of amides is 3. The molecule has 1 aromatic carbocycles. The molecule has 1 aromatic rings. The molecule has 0 spiro atoms. The third-order valence-electron chi connectivity index (χ3n) is 6.36. The fraction of sp³-hybridized carbons (Fsp3) is 0.577. The highest BCUT2D eigenvalue weighted by Gasteiger charge is 2.38. The average Bonchev–Trinajstić information content (AvgIpc) is 3.35. The summed E-state index contributed by atoms with van der Waals surface area (Å²) in [5, 5.41) is 14.9. The highest BCUT2D eigenvalue weighted by molar-refractivity contribution is 5.94. The van der Waals surface area contributed by atoms with Gasteiger partial charge in [-0.2, -0.15) is 0 Å².